The predicted molar refractivity (Wildman–Crippen MR) is 158 cm³/mol. The van der Waals surface area contributed by atoms with Crippen LogP contribution in [-0.4, -0.2) is 102 Å². The second-order valence-corrected chi connectivity index (χ2v) is 12.6. The van der Waals surface area contributed by atoms with E-state index in [2.05, 4.69) is 43.1 Å². The van der Waals surface area contributed by atoms with Crippen molar-refractivity contribution >= 4 is 44.8 Å². The summed E-state index contributed by atoms with van der Waals surface area (Å²) in [7, 11) is 5.88. The fraction of sp³-hybridized carbons (Fsp3) is 0.586. The molecule has 0 atom stereocenters. The van der Waals surface area contributed by atoms with Gasteiger partial charge in [0.25, 0.3) is 5.91 Å². The number of piperidine rings is 1. The average Bonchev–Trinajstić information content (AvgIpc) is 3.61. The highest BCUT2D eigenvalue weighted by molar-refractivity contribution is 7.21. The van der Waals surface area contributed by atoms with E-state index in [9.17, 15) is 4.79 Å². The van der Waals surface area contributed by atoms with Crippen LogP contribution < -0.4 is 10.2 Å². The first-order valence-electron chi connectivity index (χ1n) is 14.4. The molecule has 208 valence electrons. The van der Waals surface area contributed by atoms with Crippen LogP contribution in [0.25, 0.3) is 10.1 Å². The molecule has 1 saturated carbocycles. The smallest absolute Gasteiger partial charge is 0.263 e. The minimum atomic E-state index is 0.0845. The summed E-state index contributed by atoms with van der Waals surface area (Å²) in [6, 6.07) is 2.81. The van der Waals surface area contributed by atoms with E-state index in [1.54, 1.807) is 22.4 Å². The molecule has 0 radical (unpaired) electrons. The summed E-state index contributed by atoms with van der Waals surface area (Å²) in [6.45, 7) is 6.56. The molecule has 3 fully saturated rings. The van der Waals surface area contributed by atoms with Gasteiger partial charge in [0.2, 0.25) is 0 Å². The summed E-state index contributed by atoms with van der Waals surface area (Å²) in [5.74, 6) is 2.86. The van der Waals surface area contributed by atoms with E-state index >= 15 is 0 Å². The fourth-order valence-corrected chi connectivity index (χ4v) is 7.69. The van der Waals surface area contributed by atoms with Crippen LogP contribution in [0.15, 0.2) is 24.7 Å². The fourth-order valence-electron chi connectivity index (χ4n) is 6.43. The third kappa shape index (κ3) is 5.60. The number of nitrogens with zero attached hydrogens (tertiary/aromatic N) is 7. The third-order valence-corrected chi connectivity index (χ3v) is 9.86. The number of anilines is 3. The second kappa shape index (κ2) is 11.3. The zero-order valence-electron chi connectivity index (χ0n) is 23.4. The molecular weight excluding hydrogens is 508 g/mol. The summed E-state index contributed by atoms with van der Waals surface area (Å²) in [5.41, 5.74) is 1.21. The van der Waals surface area contributed by atoms with Gasteiger partial charge in [0, 0.05) is 57.9 Å². The molecule has 2 aliphatic heterocycles. The Bertz CT molecular complexity index is 1290. The summed E-state index contributed by atoms with van der Waals surface area (Å²) in [4.78, 5) is 37.0. The Morgan fingerprint density at radius 1 is 0.923 bits per heavy atom. The number of thiophene rings is 1. The largest absolute Gasteiger partial charge is 0.353 e. The van der Waals surface area contributed by atoms with Crippen molar-refractivity contribution in [1.82, 2.24) is 29.7 Å². The average molecular weight is 549 g/mol. The number of hydrogen-bond donors (Lipinski definition) is 1. The Labute approximate surface area is 235 Å². The highest BCUT2D eigenvalue weighted by atomic mass is 32.1. The highest BCUT2D eigenvalue weighted by Crippen LogP contribution is 2.44. The molecule has 1 aliphatic carbocycles. The van der Waals surface area contributed by atoms with Crippen molar-refractivity contribution in [3.05, 3.63) is 35.1 Å². The van der Waals surface area contributed by atoms with Gasteiger partial charge in [0.05, 0.1) is 22.0 Å². The van der Waals surface area contributed by atoms with Gasteiger partial charge in [0.1, 0.15) is 17.5 Å². The minimum Gasteiger partial charge on any atom is -0.353 e. The Balaban J connectivity index is 1.14. The van der Waals surface area contributed by atoms with E-state index in [0.717, 1.165) is 71.7 Å². The monoisotopic (exact) mass is 548 g/mol. The quantitative estimate of drug-likeness (QED) is 0.485. The molecule has 2 saturated heterocycles. The van der Waals surface area contributed by atoms with Gasteiger partial charge < -0.3 is 20.0 Å². The van der Waals surface area contributed by atoms with Gasteiger partial charge in [-0.15, -0.1) is 11.3 Å². The van der Waals surface area contributed by atoms with Crippen LogP contribution in [0.2, 0.25) is 0 Å². The van der Waals surface area contributed by atoms with Crippen LogP contribution in [0.4, 0.5) is 17.5 Å². The van der Waals surface area contributed by atoms with Crippen LogP contribution in [0.5, 0.6) is 0 Å². The lowest BCUT2D eigenvalue weighted by Gasteiger charge is -2.42. The lowest BCUT2D eigenvalue weighted by molar-refractivity contribution is 0.0831. The number of likely N-dealkylation sites (tertiary alicyclic amines) is 1. The molecule has 0 spiro atoms. The molecule has 0 unspecified atom stereocenters. The normalized spacial score (nSPS) is 20.1. The SMILES string of the molecule is CN1CCC(N2CCN(c3cnc(Nc4cc5c(C6CCCC6)c(C(=O)N(C)C)sc5cn4)cn3)CC2)CC1. The first-order chi connectivity index (χ1) is 19.0. The van der Waals surface area contributed by atoms with E-state index in [4.69, 9.17) is 4.98 Å². The standard InChI is InChI=1S/C29H40N8OS/c1-34(2)29(38)28-27(20-6-4-5-7-20)22-16-24(30-17-23(22)39-28)33-25-18-32-26(19-31-25)37-14-12-36(13-15-37)21-8-10-35(3)11-9-21/h16-21H,4-15H2,1-3H3,(H,30,31,33). The van der Waals surface area contributed by atoms with E-state index < -0.39 is 0 Å². The summed E-state index contributed by atoms with van der Waals surface area (Å²) in [6.07, 6.45) is 12.8. The number of fused-ring (bicyclic) bond motifs is 1. The maximum atomic E-state index is 13.0. The topological polar surface area (TPSA) is 80.7 Å². The van der Waals surface area contributed by atoms with E-state index in [1.165, 1.54) is 44.3 Å². The Morgan fingerprint density at radius 2 is 1.64 bits per heavy atom. The number of piperazine rings is 1. The van der Waals surface area contributed by atoms with Gasteiger partial charge in [-0.05, 0) is 63.4 Å². The number of aromatic nitrogens is 3. The molecule has 6 rings (SSSR count). The molecule has 0 bridgehead atoms. The molecule has 9 nitrogen and oxygen atoms in total. The molecular formula is C29H40N8OS. The molecule has 3 aliphatic rings. The summed E-state index contributed by atoms with van der Waals surface area (Å²) >= 11 is 1.57. The van der Waals surface area contributed by atoms with E-state index in [0.29, 0.717) is 11.7 Å². The number of carbonyl (C=O) groups excluding carboxylic acids is 1. The van der Waals surface area contributed by atoms with Crippen molar-refractivity contribution in [3.8, 4) is 0 Å². The van der Waals surface area contributed by atoms with Crippen molar-refractivity contribution in [3.63, 3.8) is 0 Å². The second-order valence-electron chi connectivity index (χ2n) is 11.5. The molecule has 10 heteroatoms. The van der Waals surface area contributed by atoms with Crippen LogP contribution in [0.1, 0.15) is 59.7 Å². The van der Waals surface area contributed by atoms with Crippen molar-refractivity contribution in [2.45, 2.75) is 50.5 Å². The van der Waals surface area contributed by atoms with E-state index in [-0.39, 0.29) is 5.91 Å². The van der Waals surface area contributed by atoms with Gasteiger partial charge in [-0.2, -0.15) is 0 Å². The molecule has 39 heavy (non-hydrogen) atoms. The van der Waals surface area contributed by atoms with Crippen molar-refractivity contribution in [2.24, 2.45) is 0 Å². The number of rotatable bonds is 6. The molecule has 0 aromatic carbocycles. The van der Waals surface area contributed by atoms with Gasteiger partial charge in [0.15, 0.2) is 0 Å². The lowest BCUT2D eigenvalue weighted by Crippen LogP contribution is -2.53. The number of nitrogens with one attached hydrogen (secondary N) is 1. The predicted octanol–water partition coefficient (Wildman–Crippen LogP) is 4.41. The number of pyridine rings is 1. The van der Waals surface area contributed by atoms with Crippen LogP contribution in [-0.2, 0) is 0 Å². The summed E-state index contributed by atoms with van der Waals surface area (Å²) in [5, 5.41) is 4.49. The molecule has 1 amide bonds. The number of amides is 1. The zero-order valence-corrected chi connectivity index (χ0v) is 24.2. The first-order valence-corrected chi connectivity index (χ1v) is 15.2. The minimum absolute atomic E-state index is 0.0845. The van der Waals surface area contributed by atoms with Gasteiger partial charge in [-0.1, -0.05) is 12.8 Å². The van der Waals surface area contributed by atoms with Gasteiger partial charge in [-0.25, -0.2) is 15.0 Å². The van der Waals surface area contributed by atoms with Crippen LogP contribution >= 0.6 is 11.3 Å². The lowest BCUT2D eigenvalue weighted by atomic mass is 9.94. The Morgan fingerprint density at radius 3 is 2.31 bits per heavy atom. The highest BCUT2D eigenvalue weighted by Gasteiger charge is 2.29. The van der Waals surface area contributed by atoms with Gasteiger partial charge in [-0.3, -0.25) is 9.69 Å². The first kappa shape index (κ1) is 26.4. The maximum Gasteiger partial charge on any atom is 0.263 e. The summed E-state index contributed by atoms with van der Waals surface area (Å²) < 4.78 is 1.06. The number of hydrogen-bond acceptors (Lipinski definition) is 9. The van der Waals surface area contributed by atoms with Crippen molar-refractivity contribution in [1.29, 1.82) is 0 Å². The Hall–Kier alpha value is -2.82. The third-order valence-electron chi connectivity index (χ3n) is 8.72. The zero-order chi connectivity index (χ0) is 26.9. The Kier molecular flexibility index (Phi) is 7.68. The molecule has 3 aromatic rings. The van der Waals surface area contributed by atoms with Crippen LogP contribution in [0, 0.1) is 0 Å². The molecule has 5 heterocycles. The van der Waals surface area contributed by atoms with Crippen molar-refractivity contribution in [2.75, 3.05) is 70.6 Å². The van der Waals surface area contributed by atoms with E-state index in [1.807, 2.05) is 26.5 Å². The van der Waals surface area contributed by atoms with Crippen LogP contribution in [0.3, 0.4) is 0 Å². The van der Waals surface area contributed by atoms with Gasteiger partial charge >= 0.3 is 0 Å². The maximum absolute atomic E-state index is 13.0. The number of carbonyl (C=O) groups is 1. The molecule has 3 aromatic heterocycles. The molecule has 1 N–H and O–H groups in total. The van der Waals surface area contributed by atoms with Crippen molar-refractivity contribution < 1.29 is 4.79 Å².